The number of benzene rings is 16. The van der Waals surface area contributed by atoms with Crippen LogP contribution >= 0.6 is 108 Å². The number of aliphatic hydroxyl groups is 1. The fourth-order valence-corrected chi connectivity index (χ4v) is 13.3. The summed E-state index contributed by atoms with van der Waals surface area (Å²) in [6.07, 6.45) is 1.50. The maximum atomic E-state index is 11.2. The maximum absolute atomic E-state index is 11.2. The van der Waals surface area contributed by atoms with E-state index in [1.807, 2.05) is 6.07 Å². The molecule has 0 aliphatic heterocycles. The number of halogens is 5. The molecule has 0 saturated carbocycles. The number of rotatable bonds is 5. The zero-order valence-electron chi connectivity index (χ0n) is 48.9. The second kappa shape index (κ2) is 33.7. The van der Waals surface area contributed by atoms with E-state index in [-0.39, 0.29) is 94.7 Å². The number of carbonyl (C=O) groups excluding carboxylic acids is 3. The Morgan fingerprint density at radius 1 is 0.449 bits per heavy atom. The van der Waals surface area contributed by atoms with Gasteiger partial charge in [-0.05, 0) is 205 Å². The third-order valence-electron chi connectivity index (χ3n) is 15.4. The third kappa shape index (κ3) is 16.2. The Kier molecular flexibility index (Phi) is 27.4. The predicted octanol–water partition coefficient (Wildman–Crippen LogP) is 20.3. The first-order valence-electron chi connectivity index (χ1n) is 27.5. The van der Waals surface area contributed by atoms with Crippen molar-refractivity contribution < 1.29 is 76.4 Å². The summed E-state index contributed by atoms with van der Waals surface area (Å²) in [5.41, 5.74) is 4.91. The fourth-order valence-electron chi connectivity index (χ4n) is 11.9. The van der Waals surface area contributed by atoms with Gasteiger partial charge in [-0.25, -0.2) is 0 Å². The monoisotopic (exact) mass is 1590 g/mol. The summed E-state index contributed by atoms with van der Waals surface area (Å²) in [7, 11) is 0. The normalized spacial score (nSPS) is 10.8. The summed E-state index contributed by atoms with van der Waals surface area (Å²) in [6, 6.07) is 78.3. The molecule has 0 spiro atoms. The molecule has 0 bridgehead atoms. The molecule has 0 fully saturated rings. The van der Waals surface area contributed by atoms with Crippen molar-refractivity contribution in [3.05, 3.63) is 241 Å². The van der Waals surface area contributed by atoms with Gasteiger partial charge in [0.1, 0.15) is 4.03 Å². The molecule has 0 aliphatic rings. The Balaban J connectivity index is 0.000000158. The van der Waals surface area contributed by atoms with Crippen LogP contribution in [0.3, 0.4) is 0 Å². The minimum Gasteiger partial charge on any atom is -0.742 e. The second-order valence-corrected chi connectivity index (χ2v) is 38.4. The van der Waals surface area contributed by atoms with Crippen LogP contribution in [0.5, 0.6) is 0 Å². The first-order valence-corrected chi connectivity index (χ1v) is 38.1. The predicted molar refractivity (Wildman–Crippen MR) is 411 cm³/mol. The molecule has 0 saturated heterocycles. The molecule has 0 aliphatic carbocycles. The van der Waals surface area contributed by atoms with Crippen molar-refractivity contribution in [1.82, 2.24) is 0 Å². The van der Waals surface area contributed by atoms with Crippen molar-refractivity contribution in [1.29, 1.82) is 0 Å². The molecule has 0 amide bonds. The van der Waals surface area contributed by atoms with E-state index in [9.17, 15) is 14.7 Å². The van der Waals surface area contributed by atoms with Gasteiger partial charge in [0.2, 0.25) is 0 Å². The number of thioether (sulfide) groups is 1. The van der Waals surface area contributed by atoms with Crippen molar-refractivity contribution >= 4 is 266 Å². The summed E-state index contributed by atoms with van der Waals surface area (Å²) in [5, 5.41) is 41.8. The fraction of sp³-hybridized carbons (Fsp3) is 0.0946. The molecule has 0 radical (unpaired) electrons. The van der Waals surface area contributed by atoms with Gasteiger partial charge in [-0.15, -0.1) is 17.0 Å². The van der Waals surface area contributed by atoms with Gasteiger partial charge in [-0.2, -0.15) is 19.6 Å². The molecular weight excluding hydrogens is 1530 g/mol. The summed E-state index contributed by atoms with van der Waals surface area (Å²) in [5.74, 6) is 1.53. The van der Waals surface area contributed by atoms with Crippen LogP contribution < -0.4 is 51.4 Å². The summed E-state index contributed by atoms with van der Waals surface area (Å²) >= 11 is 22.9. The van der Waals surface area contributed by atoms with Gasteiger partial charge in [-0.1, -0.05) is 246 Å². The van der Waals surface area contributed by atoms with E-state index in [0.29, 0.717) is 0 Å². The number of hydrogen-bond donors (Lipinski definition) is 2. The van der Waals surface area contributed by atoms with Gasteiger partial charge in [0.25, 0.3) is 0 Å². The first-order chi connectivity index (χ1) is 41.8. The Morgan fingerprint density at radius 3 is 0.933 bits per heavy atom. The average molecular weight is 1590 g/mol. The van der Waals surface area contributed by atoms with E-state index in [1.54, 1.807) is 6.92 Å². The van der Waals surface area contributed by atoms with Crippen LogP contribution in [0.25, 0.3) is 129 Å². The molecule has 16 aromatic carbocycles. The van der Waals surface area contributed by atoms with E-state index in [2.05, 4.69) is 300 Å². The number of aliphatic hydroxyl groups excluding tert-OH is 1. The van der Waals surface area contributed by atoms with Gasteiger partial charge in [0, 0.05) is 28.9 Å². The molecule has 0 unspecified atom stereocenters. The van der Waals surface area contributed by atoms with Crippen LogP contribution in [-0.4, -0.2) is 27.1 Å². The van der Waals surface area contributed by atoms with E-state index in [4.69, 9.17) is 4.79 Å². The molecule has 0 heterocycles. The van der Waals surface area contributed by atoms with Crippen molar-refractivity contribution in [2.24, 2.45) is 0 Å². The standard InChI is InChI=1S/C19H14OS.C17H11Br.C17H12O.C17H12S.C2H4OS.C2H3O.Br3P.BrH.K.H2O/c1-12(20)21-11-16-8-7-15-6-5-13-3-2-4-14-9-10-17(16)19(15)18(13)14;3*18-10-14-7-6-13-5-4-11-2-1-3-12-8-9-15(14)17(13)16(11)12;1-2(3)4;1-2-3;1-4(2)3;;;/h2-10H,11H2,1H3;1-9H,10H2;2*1-9,18H,10H2;1H3,(H,3,4);1H3;;1H;;1H2/q;;;;;-1;;;+1;/p-1. The molecule has 0 atom stereocenters. The molecule has 89 heavy (non-hydrogen) atoms. The van der Waals surface area contributed by atoms with Crippen LogP contribution in [0.15, 0.2) is 218 Å². The van der Waals surface area contributed by atoms with Crippen molar-refractivity contribution in [3.8, 4) is 0 Å². The zero-order valence-corrected chi connectivity index (χ0v) is 63.5. The summed E-state index contributed by atoms with van der Waals surface area (Å²) < 4.78 is -0.183. The molecule has 5 nitrogen and oxygen atoms in total. The van der Waals surface area contributed by atoms with Crippen LogP contribution in [0, 0.1) is 0 Å². The quantitative estimate of drug-likeness (QED) is 0.0338. The van der Waals surface area contributed by atoms with Gasteiger partial charge < -0.3 is 32.8 Å². The molecule has 15 heteroatoms. The van der Waals surface area contributed by atoms with Crippen molar-refractivity contribution in [3.63, 3.8) is 0 Å². The van der Waals surface area contributed by atoms with Gasteiger partial charge in [0.05, 0.1) is 6.61 Å². The number of hydrogen-bond acceptors (Lipinski definition) is 7. The second-order valence-electron chi connectivity index (χ2n) is 20.4. The average Bonchev–Trinajstić information content (AvgIpc) is 2.24. The zero-order chi connectivity index (χ0) is 60.6. The Labute approximate surface area is 619 Å². The molecule has 444 valence electrons. The largest absolute Gasteiger partial charge is 1.00 e. The van der Waals surface area contributed by atoms with E-state index in [1.165, 1.54) is 178 Å². The minimum atomic E-state index is -0.250. The molecule has 16 rings (SSSR count). The van der Waals surface area contributed by atoms with Gasteiger partial charge >= 0.3 is 51.4 Å². The maximum Gasteiger partial charge on any atom is 1.00 e. The van der Waals surface area contributed by atoms with Crippen LogP contribution in [0.4, 0.5) is 0 Å². The van der Waals surface area contributed by atoms with E-state index in [0.717, 1.165) is 22.4 Å². The summed E-state index contributed by atoms with van der Waals surface area (Å²) in [6.45, 7) is 4.38. The first kappa shape index (κ1) is 72.4. The molecule has 16 aromatic rings. The summed E-state index contributed by atoms with van der Waals surface area (Å²) in [4.78, 5) is 29.2. The topological polar surface area (TPSA) is 103 Å². The van der Waals surface area contributed by atoms with Crippen LogP contribution in [0.1, 0.15) is 43.0 Å². The Bertz CT molecular complexity index is 4630. The Morgan fingerprint density at radius 2 is 0.663 bits per heavy atom. The number of thiol groups is 1. The minimum absolute atomic E-state index is 0. The number of carbonyl (C=O) groups is 2. The molecule has 0 aromatic heterocycles. The van der Waals surface area contributed by atoms with Crippen LogP contribution in [0.2, 0.25) is 0 Å². The third-order valence-corrected chi connectivity index (χ3v) is 17.2. The van der Waals surface area contributed by atoms with Gasteiger partial charge in [-0.3, -0.25) is 11.1 Å². The molecular formula is C74H58Br5KO5PS3-. The van der Waals surface area contributed by atoms with E-state index < -0.39 is 0 Å². The van der Waals surface area contributed by atoms with Crippen molar-refractivity contribution in [2.45, 2.75) is 44.2 Å². The van der Waals surface area contributed by atoms with E-state index >= 15 is 0 Å². The van der Waals surface area contributed by atoms with Crippen LogP contribution in [-0.2, 0) is 50.5 Å². The Hall–Kier alpha value is -4.00. The SMILES string of the molecule is Br.BrCc1ccc2ccc3cccc4ccc1c2c34.BrP(Br)Br.CC(=O)SCc1ccc2ccc3cccc4ccc1c2c34.CC(=O)[S-].C[C-]=O.O.OCc1ccc2ccc3cccc4ccc1c2c34.SCc1ccc2ccc3cccc4ccc1c2c34.[K+]. The van der Waals surface area contributed by atoms with Crippen molar-refractivity contribution in [2.75, 3.05) is 0 Å². The number of alkyl halides is 1. The van der Waals surface area contributed by atoms with Gasteiger partial charge in [0.15, 0.2) is 5.12 Å². The smallest absolute Gasteiger partial charge is 0.742 e. The molecule has 3 N–H and O–H groups in total.